The van der Waals surface area contributed by atoms with Gasteiger partial charge >= 0.3 is 0 Å². The zero-order valence-electron chi connectivity index (χ0n) is 16.1. The van der Waals surface area contributed by atoms with Crippen molar-refractivity contribution >= 4 is 21.4 Å². The molecule has 1 aliphatic rings. The Balaban J connectivity index is 1.69. The van der Waals surface area contributed by atoms with E-state index in [4.69, 9.17) is 9.15 Å². The van der Waals surface area contributed by atoms with E-state index in [0.29, 0.717) is 29.3 Å². The van der Waals surface area contributed by atoms with Gasteiger partial charge in [0.15, 0.2) is 21.3 Å². The van der Waals surface area contributed by atoms with E-state index in [-0.39, 0.29) is 23.2 Å². The summed E-state index contributed by atoms with van der Waals surface area (Å²) in [5, 5.41) is 7.25. The second kappa shape index (κ2) is 7.40. The third-order valence-electron chi connectivity index (χ3n) is 4.90. The minimum atomic E-state index is -3.11. The molecule has 0 bridgehead atoms. The second-order valence-corrected chi connectivity index (χ2v) is 9.28. The minimum Gasteiger partial charge on any atom is -0.495 e. The molecule has 1 N–H and O–H groups in total. The minimum absolute atomic E-state index is 0.00481. The van der Waals surface area contributed by atoms with E-state index in [1.165, 1.54) is 13.4 Å². The molecule has 3 heterocycles. The van der Waals surface area contributed by atoms with Crippen LogP contribution in [0.3, 0.4) is 0 Å². The fourth-order valence-electron chi connectivity index (χ4n) is 3.47. The highest BCUT2D eigenvalue weighted by Gasteiger charge is 2.32. The number of ether oxygens (including phenoxy) is 1. The summed E-state index contributed by atoms with van der Waals surface area (Å²) in [7, 11) is -1.58. The highest BCUT2D eigenvalue weighted by Crippen LogP contribution is 2.31. The molecule has 1 saturated heterocycles. The Morgan fingerprint density at radius 3 is 2.79 bits per heavy atom. The molecular formula is C20H21N3O5S. The molecule has 2 aromatic heterocycles. The molecule has 29 heavy (non-hydrogen) atoms. The average molecular weight is 415 g/mol. The zero-order valence-corrected chi connectivity index (χ0v) is 16.9. The van der Waals surface area contributed by atoms with Gasteiger partial charge in [-0.3, -0.25) is 9.48 Å². The number of hydrogen-bond donors (Lipinski definition) is 1. The predicted molar refractivity (Wildman–Crippen MR) is 108 cm³/mol. The van der Waals surface area contributed by atoms with Crippen molar-refractivity contribution < 1.29 is 22.4 Å². The number of furan rings is 1. The normalized spacial score (nSPS) is 17.9. The quantitative estimate of drug-likeness (QED) is 0.687. The summed E-state index contributed by atoms with van der Waals surface area (Å²) in [6, 6.07) is 10.2. The van der Waals surface area contributed by atoms with Gasteiger partial charge in [-0.25, -0.2) is 8.42 Å². The third-order valence-corrected chi connectivity index (χ3v) is 6.65. The van der Waals surface area contributed by atoms with Crippen LogP contribution >= 0.6 is 0 Å². The maximum absolute atomic E-state index is 12.9. The first-order valence-corrected chi connectivity index (χ1v) is 11.0. The van der Waals surface area contributed by atoms with Crippen molar-refractivity contribution in [3.8, 4) is 17.2 Å². The zero-order chi connectivity index (χ0) is 20.6. The highest BCUT2D eigenvalue weighted by molar-refractivity contribution is 7.91. The van der Waals surface area contributed by atoms with E-state index in [2.05, 4.69) is 10.4 Å². The topological polar surface area (TPSA) is 103 Å². The molecule has 3 aromatic rings. The molecule has 1 unspecified atom stereocenters. The lowest BCUT2D eigenvalue weighted by molar-refractivity contribution is 0.102. The smallest absolute Gasteiger partial charge is 0.276 e. The maximum Gasteiger partial charge on any atom is 0.276 e. The van der Waals surface area contributed by atoms with Gasteiger partial charge in [-0.15, -0.1) is 0 Å². The van der Waals surface area contributed by atoms with E-state index < -0.39 is 15.7 Å². The SMILES string of the molecule is COc1ccc(C)cc1NC(=O)c1cc(-c2ccco2)n(C2CCS(=O)(=O)C2)n1. The number of nitrogens with zero attached hydrogens (tertiary/aromatic N) is 2. The molecule has 4 rings (SSSR count). The van der Waals surface area contributed by atoms with Gasteiger partial charge in [0.2, 0.25) is 0 Å². The molecular weight excluding hydrogens is 394 g/mol. The largest absolute Gasteiger partial charge is 0.495 e. The van der Waals surface area contributed by atoms with Crippen molar-refractivity contribution in [1.29, 1.82) is 0 Å². The summed E-state index contributed by atoms with van der Waals surface area (Å²) in [6.45, 7) is 1.92. The van der Waals surface area contributed by atoms with Crippen molar-refractivity contribution in [3.05, 3.63) is 53.9 Å². The molecule has 8 nitrogen and oxygen atoms in total. The van der Waals surface area contributed by atoms with Gasteiger partial charge in [-0.05, 0) is 43.2 Å². The maximum atomic E-state index is 12.9. The fourth-order valence-corrected chi connectivity index (χ4v) is 5.16. The lowest BCUT2D eigenvalue weighted by Crippen LogP contribution is -2.17. The molecule has 0 spiro atoms. The number of nitrogens with one attached hydrogen (secondary N) is 1. The Bertz CT molecular complexity index is 1150. The Morgan fingerprint density at radius 1 is 1.31 bits per heavy atom. The van der Waals surface area contributed by atoms with Crippen LogP contribution in [0.5, 0.6) is 5.75 Å². The molecule has 1 aliphatic heterocycles. The summed E-state index contributed by atoms with van der Waals surface area (Å²) in [5.41, 5.74) is 2.25. The number of amides is 1. The molecule has 152 valence electrons. The summed E-state index contributed by atoms with van der Waals surface area (Å²) < 4.78 is 36.2. The second-order valence-electron chi connectivity index (χ2n) is 7.05. The number of aryl methyl sites for hydroxylation is 1. The van der Waals surface area contributed by atoms with Crippen LogP contribution in [0, 0.1) is 6.92 Å². The van der Waals surface area contributed by atoms with E-state index in [0.717, 1.165) is 5.56 Å². The Hall–Kier alpha value is -3.07. The van der Waals surface area contributed by atoms with Crippen molar-refractivity contribution in [2.75, 3.05) is 23.9 Å². The fraction of sp³-hybridized carbons (Fsp3) is 0.300. The third kappa shape index (κ3) is 3.91. The summed E-state index contributed by atoms with van der Waals surface area (Å²) >= 11 is 0. The molecule has 0 saturated carbocycles. The van der Waals surface area contributed by atoms with Crippen molar-refractivity contribution in [1.82, 2.24) is 9.78 Å². The van der Waals surface area contributed by atoms with E-state index in [1.54, 1.807) is 28.9 Å². The number of rotatable bonds is 5. The Morgan fingerprint density at radius 2 is 2.14 bits per heavy atom. The molecule has 1 fully saturated rings. The van der Waals surface area contributed by atoms with Gasteiger partial charge in [0, 0.05) is 6.07 Å². The van der Waals surface area contributed by atoms with Crippen LogP contribution in [0.2, 0.25) is 0 Å². The molecule has 9 heteroatoms. The van der Waals surface area contributed by atoms with E-state index >= 15 is 0 Å². The van der Waals surface area contributed by atoms with Gasteiger partial charge in [0.25, 0.3) is 5.91 Å². The monoisotopic (exact) mass is 415 g/mol. The predicted octanol–water partition coefficient (Wildman–Crippen LogP) is 3.07. The van der Waals surface area contributed by atoms with Gasteiger partial charge in [-0.2, -0.15) is 5.10 Å². The standard InChI is InChI=1S/C20H21N3O5S/c1-13-5-6-18(27-2)15(10-13)21-20(24)16-11-17(19-4-3-8-28-19)23(22-16)14-7-9-29(25,26)12-14/h3-6,8,10-11,14H,7,9,12H2,1-2H3,(H,21,24). The Kier molecular flexibility index (Phi) is 4.91. The molecule has 0 aliphatic carbocycles. The Labute approximate surface area is 168 Å². The first-order valence-electron chi connectivity index (χ1n) is 9.16. The number of hydrogen-bond acceptors (Lipinski definition) is 6. The molecule has 1 atom stereocenters. The van der Waals surface area contributed by atoms with E-state index in [9.17, 15) is 13.2 Å². The number of aromatic nitrogens is 2. The van der Waals surface area contributed by atoms with Gasteiger partial charge < -0.3 is 14.5 Å². The number of carbonyl (C=O) groups excluding carboxylic acids is 1. The summed E-state index contributed by atoms with van der Waals surface area (Å²) in [6.07, 6.45) is 1.97. The van der Waals surface area contributed by atoms with Crippen LogP contribution in [0.4, 0.5) is 5.69 Å². The van der Waals surface area contributed by atoms with Crippen LogP contribution in [0.15, 0.2) is 47.1 Å². The number of anilines is 1. The lowest BCUT2D eigenvalue weighted by atomic mass is 10.2. The lowest BCUT2D eigenvalue weighted by Gasteiger charge is -2.12. The number of sulfone groups is 1. The van der Waals surface area contributed by atoms with Crippen LogP contribution in [0.1, 0.15) is 28.5 Å². The average Bonchev–Trinajstić information content (AvgIpc) is 3.40. The summed E-state index contributed by atoms with van der Waals surface area (Å²) in [4.78, 5) is 12.9. The number of methoxy groups -OCH3 is 1. The van der Waals surface area contributed by atoms with Gasteiger partial charge in [0.1, 0.15) is 11.4 Å². The molecule has 1 aromatic carbocycles. The first-order chi connectivity index (χ1) is 13.9. The van der Waals surface area contributed by atoms with Crippen molar-refractivity contribution in [3.63, 3.8) is 0 Å². The summed E-state index contributed by atoms with van der Waals surface area (Å²) in [5.74, 6) is 0.749. The van der Waals surface area contributed by atoms with Crippen LogP contribution < -0.4 is 10.1 Å². The highest BCUT2D eigenvalue weighted by atomic mass is 32.2. The number of benzene rings is 1. The van der Waals surface area contributed by atoms with Gasteiger partial charge in [0.05, 0.1) is 36.6 Å². The van der Waals surface area contributed by atoms with Crippen molar-refractivity contribution in [2.24, 2.45) is 0 Å². The van der Waals surface area contributed by atoms with Crippen molar-refractivity contribution in [2.45, 2.75) is 19.4 Å². The molecule has 0 radical (unpaired) electrons. The first kappa shape index (κ1) is 19.3. The van der Waals surface area contributed by atoms with Crippen LogP contribution in [-0.2, 0) is 9.84 Å². The van der Waals surface area contributed by atoms with Crippen LogP contribution in [0.25, 0.3) is 11.5 Å². The molecule has 1 amide bonds. The van der Waals surface area contributed by atoms with E-state index in [1.807, 2.05) is 19.1 Å². The number of carbonyl (C=O) groups is 1. The van der Waals surface area contributed by atoms with Crippen LogP contribution in [-0.4, -0.2) is 42.7 Å². The van der Waals surface area contributed by atoms with Gasteiger partial charge in [-0.1, -0.05) is 6.07 Å².